The van der Waals surface area contributed by atoms with Crippen LogP contribution in [0.15, 0.2) is 18.2 Å². The van der Waals surface area contributed by atoms with Crippen LogP contribution < -0.4 is 0 Å². The number of benzene rings is 1. The molecule has 0 spiro atoms. The van der Waals surface area contributed by atoms with Crippen LogP contribution in [0.25, 0.3) is 0 Å². The van der Waals surface area contributed by atoms with Crippen LogP contribution in [-0.2, 0) is 16.0 Å². The van der Waals surface area contributed by atoms with Gasteiger partial charge in [0.1, 0.15) is 5.41 Å². The van der Waals surface area contributed by atoms with Crippen molar-refractivity contribution in [2.75, 3.05) is 33.2 Å². The highest BCUT2D eigenvalue weighted by Gasteiger charge is 2.57. The quantitative estimate of drug-likeness (QED) is 0.900. The van der Waals surface area contributed by atoms with E-state index in [1.807, 2.05) is 11.9 Å². The van der Waals surface area contributed by atoms with Crippen LogP contribution in [-0.4, -0.2) is 60.0 Å². The van der Waals surface area contributed by atoms with Crippen molar-refractivity contribution in [3.63, 3.8) is 0 Å². The van der Waals surface area contributed by atoms with E-state index in [1.54, 1.807) is 0 Å². The SMILES string of the molecule is CN1C[C@H]2CN(C(=O)Cc3cccc(F)c3F)C[C@@]2(C(=O)O)C1. The van der Waals surface area contributed by atoms with Crippen molar-refractivity contribution in [3.05, 3.63) is 35.4 Å². The van der Waals surface area contributed by atoms with Gasteiger partial charge in [-0.2, -0.15) is 0 Å². The molecule has 1 aromatic rings. The zero-order chi connectivity index (χ0) is 16.8. The number of carboxylic acids is 1. The maximum atomic E-state index is 13.7. The Labute approximate surface area is 132 Å². The Morgan fingerprint density at radius 1 is 1.30 bits per heavy atom. The first kappa shape index (κ1) is 15.9. The van der Waals surface area contributed by atoms with Crippen molar-refractivity contribution in [2.45, 2.75) is 6.42 Å². The Bertz CT molecular complexity index is 667. The van der Waals surface area contributed by atoms with Gasteiger partial charge in [-0.3, -0.25) is 9.59 Å². The number of fused-ring (bicyclic) bond motifs is 1. The van der Waals surface area contributed by atoms with Crippen LogP contribution in [0.2, 0.25) is 0 Å². The van der Waals surface area contributed by atoms with Crippen molar-refractivity contribution in [3.8, 4) is 0 Å². The molecular formula is C16H18F2N2O3. The fourth-order valence-electron chi connectivity index (χ4n) is 3.77. The molecule has 2 aliphatic heterocycles. The molecule has 23 heavy (non-hydrogen) atoms. The van der Waals surface area contributed by atoms with Gasteiger partial charge in [0.25, 0.3) is 0 Å². The number of hydrogen-bond acceptors (Lipinski definition) is 3. The number of amides is 1. The van der Waals surface area contributed by atoms with Crippen molar-refractivity contribution >= 4 is 11.9 Å². The van der Waals surface area contributed by atoms with Crippen molar-refractivity contribution in [1.29, 1.82) is 0 Å². The van der Waals surface area contributed by atoms with Crippen LogP contribution in [0.3, 0.4) is 0 Å². The van der Waals surface area contributed by atoms with Crippen LogP contribution >= 0.6 is 0 Å². The zero-order valence-electron chi connectivity index (χ0n) is 12.8. The molecule has 1 aromatic carbocycles. The molecule has 0 saturated carbocycles. The lowest BCUT2D eigenvalue weighted by molar-refractivity contribution is -0.149. The molecule has 0 unspecified atom stereocenters. The number of nitrogens with zero attached hydrogens (tertiary/aromatic N) is 2. The third-order valence-corrected chi connectivity index (χ3v) is 4.93. The Kier molecular flexibility index (Phi) is 3.83. The largest absolute Gasteiger partial charge is 0.481 e. The first-order valence-corrected chi connectivity index (χ1v) is 7.46. The summed E-state index contributed by atoms with van der Waals surface area (Å²) >= 11 is 0. The number of rotatable bonds is 3. The molecule has 1 N–H and O–H groups in total. The van der Waals surface area contributed by atoms with E-state index in [2.05, 4.69) is 0 Å². The highest BCUT2D eigenvalue weighted by atomic mass is 19.2. The summed E-state index contributed by atoms with van der Waals surface area (Å²) in [6, 6.07) is 3.72. The maximum absolute atomic E-state index is 13.7. The third-order valence-electron chi connectivity index (χ3n) is 4.93. The van der Waals surface area contributed by atoms with Gasteiger partial charge in [-0.25, -0.2) is 8.78 Å². The van der Waals surface area contributed by atoms with Crippen LogP contribution in [0.4, 0.5) is 8.78 Å². The van der Waals surface area contributed by atoms with E-state index in [0.29, 0.717) is 19.6 Å². The number of hydrogen-bond donors (Lipinski definition) is 1. The lowest BCUT2D eigenvalue weighted by atomic mass is 9.81. The average Bonchev–Trinajstić information content (AvgIpc) is 2.97. The molecule has 2 heterocycles. The van der Waals surface area contributed by atoms with Crippen molar-refractivity contribution in [2.24, 2.45) is 11.3 Å². The highest BCUT2D eigenvalue weighted by Crippen LogP contribution is 2.42. The number of carbonyl (C=O) groups is 2. The summed E-state index contributed by atoms with van der Waals surface area (Å²) in [5, 5.41) is 9.59. The topological polar surface area (TPSA) is 60.9 Å². The van der Waals surface area contributed by atoms with E-state index in [0.717, 1.165) is 6.07 Å². The van der Waals surface area contributed by atoms with Gasteiger partial charge in [0, 0.05) is 37.7 Å². The van der Waals surface area contributed by atoms with Crippen LogP contribution in [0.1, 0.15) is 5.56 Å². The molecule has 7 heteroatoms. The number of carboxylic acid groups (broad SMARTS) is 1. The number of carbonyl (C=O) groups excluding carboxylic acids is 1. The number of aliphatic carboxylic acids is 1. The minimum atomic E-state index is -1.02. The second kappa shape index (κ2) is 5.56. The molecule has 1 amide bonds. The first-order valence-electron chi connectivity index (χ1n) is 7.46. The molecular weight excluding hydrogens is 306 g/mol. The van der Waals surface area contributed by atoms with Gasteiger partial charge in [0.15, 0.2) is 11.6 Å². The van der Waals surface area contributed by atoms with Gasteiger partial charge in [-0.05, 0) is 13.1 Å². The van der Waals surface area contributed by atoms with Crippen LogP contribution in [0.5, 0.6) is 0 Å². The van der Waals surface area contributed by atoms with E-state index >= 15 is 0 Å². The second-order valence-electron chi connectivity index (χ2n) is 6.52. The molecule has 2 saturated heterocycles. The van der Waals surface area contributed by atoms with Crippen molar-refractivity contribution in [1.82, 2.24) is 9.80 Å². The molecule has 2 atom stereocenters. The molecule has 0 radical (unpaired) electrons. The molecule has 2 fully saturated rings. The van der Waals surface area contributed by atoms with E-state index in [-0.39, 0.29) is 30.4 Å². The van der Waals surface area contributed by atoms with Gasteiger partial charge in [0.2, 0.25) is 5.91 Å². The molecule has 5 nitrogen and oxygen atoms in total. The summed E-state index contributed by atoms with van der Waals surface area (Å²) in [6.07, 6.45) is -0.262. The minimum absolute atomic E-state index is 0.00597. The van der Waals surface area contributed by atoms with Crippen molar-refractivity contribution < 1.29 is 23.5 Å². The fourth-order valence-corrected chi connectivity index (χ4v) is 3.77. The smallest absolute Gasteiger partial charge is 0.313 e. The number of halogens is 2. The van der Waals surface area contributed by atoms with Gasteiger partial charge in [-0.1, -0.05) is 12.1 Å². The Morgan fingerprint density at radius 3 is 2.70 bits per heavy atom. The zero-order valence-corrected chi connectivity index (χ0v) is 12.8. The van der Waals surface area contributed by atoms with Gasteiger partial charge in [-0.15, -0.1) is 0 Å². The second-order valence-corrected chi connectivity index (χ2v) is 6.52. The molecule has 0 aromatic heterocycles. The average molecular weight is 324 g/mol. The number of likely N-dealkylation sites (tertiary alicyclic amines) is 2. The Balaban J connectivity index is 1.75. The predicted octanol–water partition coefficient (Wildman–Crippen LogP) is 0.982. The Morgan fingerprint density at radius 2 is 2.04 bits per heavy atom. The maximum Gasteiger partial charge on any atom is 0.313 e. The summed E-state index contributed by atoms with van der Waals surface area (Å²) in [4.78, 5) is 27.5. The van der Waals surface area contributed by atoms with Gasteiger partial charge in [0.05, 0.1) is 6.42 Å². The van der Waals surface area contributed by atoms with Gasteiger partial charge >= 0.3 is 5.97 Å². The summed E-state index contributed by atoms with van der Waals surface area (Å²) in [7, 11) is 1.86. The monoisotopic (exact) mass is 324 g/mol. The van der Waals surface area contributed by atoms with E-state index in [4.69, 9.17) is 0 Å². The molecule has 124 valence electrons. The lowest BCUT2D eigenvalue weighted by Gasteiger charge is -2.24. The van der Waals surface area contributed by atoms with E-state index < -0.39 is 23.0 Å². The summed E-state index contributed by atoms with van der Waals surface area (Å²) in [5.74, 6) is -3.41. The Hall–Kier alpha value is -2.02. The van der Waals surface area contributed by atoms with E-state index in [1.165, 1.54) is 17.0 Å². The van der Waals surface area contributed by atoms with Crippen LogP contribution in [0, 0.1) is 23.0 Å². The first-order chi connectivity index (χ1) is 10.8. The van der Waals surface area contributed by atoms with E-state index in [9.17, 15) is 23.5 Å². The minimum Gasteiger partial charge on any atom is -0.481 e. The molecule has 3 rings (SSSR count). The predicted molar refractivity (Wildman–Crippen MR) is 77.7 cm³/mol. The summed E-state index contributed by atoms with van der Waals surface area (Å²) in [5.41, 5.74) is -0.959. The van der Waals surface area contributed by atoms with Gasteiger partial charge < -0.3 is 14.9 Å². The normalized spacial score (nSPS) is 27.3. The summed E-state index contributed by atoms with van der Waals surface area (Å²) < 4.78 is 26.9. The molecule has 0 bridgehead atoms. The molecule has 0 aliphatic carbocycles. The molecule has 2 aliphatic rings. The standard InChI is InChI=1S/C16H18F2N2O3/c1-19-6-11-7-20(9-16(11,8-19)15(22)23)13(21)5-10-3-2-4-12(17)14(10)18/h2-4,11H,5-9H2,1H3,(H,22,23)/t11-,16-/m0/s1. The highest BCUT2D eigenvalue weighted by molar-refractivity contribution is 5.83. The summed E-state index contributed by atoms with van der Waals surface area (Å²) in [6.45, 7) is 1.47. The lowest BCUT2D eigenvalue weighted by Crippen LogP contribution is -2.41. The fraction of sp³-hybridized carbons (Fsp3) is 0.500. The third kappa shape index (κ3) is 2.59.